The summed E-state index contributed by atoms with van der Waals surface area (Å²) in [5.41, 5.74) is 1.20. The van der Waals surface area contributed by atoms with Crippen molar-refractivity contribution in [1.29, 1.82) is 0 Å². The van der Waals surface area contributed by atoms with Crippen LogP contribution >= 0.6 is 0 Å². The highest BCUT2D eigenvalue weighted by Crippen LogP contribution is 2.18. The largest absolute Gasteiger partial charge is 0.466 e. The number of hydrogen-bond donors (Lipinski definition) is 0. The zero-order chi connectivity index (χ0) is 17.4. The van der Waals surface area contributed by atoms with Crippen molar-refractivity contribution in [2.75, 3.05) is 32.8 Å². The standard InChI is InChI=1S/C19H28N2O3/c1-3-20(13-16-9-6-5-7-10-16)15-18(22)21-12-8-11-17(14-21)19(23)24-4-2/h5-7,9-10,17H,3-4,8,11-15H2,1-2H3. The molecule has 1 aromatic rings. The average molecular weight is 332 g/mol. The molecule has 1 heterocycles. The lowest BCUT2D eigenvalue weighted by Gasteiger charge is -2.33. The van der Waals surface area contributed by atoms with E-state index in [2.05, 4.69) is 24.0 Å². The number of carbonyl (C=O) groups is 2. The molecular formula is C19H28N2O3. The van der Waals surface area contributed by atoms with Crippen LogP contribution in [-0.4, -0.2) is 54.5 Å². The molecular weight excluding hydrogens is 304 g/mol. The molecule has 1 fully saturated rings. The van der Waals surface area contributed by atoms with E-state index < -0.39 is 0 Å². The predicted octanol–water partition coefficient (Wildman–Crippen LogP) is 2.31. The van der Waals surface area contributed by atoms with E-state index in [4.69, 9.17) is 4.74 Å². The fourth-order valence-electron chi connectivity index (χ4n) is 3.07. The third kappa shape index (κ3) is 5.34. The van der Waals surface area contributed by atoms with Gasteiger partial charge in [0.1, 0.15) is 0 Å². The van der Waals surface area contributed by atoms with E-state index in [-0.39, 0.29) is 17.8 Å². The molecule has 0 radical (unpaired) electrons. The topological polar surface area (TPSA) is 49.9 Å². The summed E-state index contributed by atoms with van der Waals surface area (Å²) in [6.07, 6.45) is 1.67. The molecule has 0 aliphatic carbocycles. The molecule has 0 bridgehead atoms. The van der Waals surface area contributed by atoms with Gasteiger partial charge in [-0.1, -0.05) is 37.3 Å². The van der Waals surface area contributed by atoms with Crippen molar-refractivity contribution in [3.05, 3.63) is 35.9 Å². The minimum absolute atomic E-state index is 0.0989. The number of benzene rings is 1. The van der Waals surface area contributed by atoms with E-state index in [1.807, 2.05) is 30.0 Å². The lowest BCUT2D eigenvalue weighted by atomic mass is 9.98. The Morgan fingerprint density at radius 1 is 1.25 bits per heavy atom. The number of amides is 1. The maximum atomic E-state index is 12.6. The molecule has 0 N–H and O–H groups in total. The van der Waals surface area contributed by atoms with Gasteiger partial charge in [0.05, 0.1) is 19.1 Å². The lowest BCUT2D eigenvalue weighted by molar-refractivity contribution is -0.151. The maximum absolute atomic E-state index is 12.6. The van der Waals surface area contributed by atoms with Crippen molar-refractivity contribution in [2.45, 2.75) is 33.2 Å². The molecule has 0 spiro atoms. The van der Waals surface area contributed by atoms with E-state index >= 15 is 0 Å². The Morgan fingerprint density at radius 2 is 2.00 bits per heavy atom. The van der Waals surface area contributed by atoms with Crippen molar-refractivity contribution < 1.29 is 14.3 Å². The highest BCUT2D eigenvalue weighted by molar-refractivity contribution is 5.80. The van der Waals surface area contributed by atoms with Crippen molar-refractivity contribution >= 4 is 11.9 Å². The molecule has 0 saturated carbocycles. The summed E-state index contributed by atoms with van der Waals surface area (Å²) < 4.78 is 5.10. The van der Waals surface area contributed by atoms with Crippen molar-refractivity contribution in [1.82, 2.24) is 9.80 Å². The first kappa shape index (κ1) is 18.5. The lowest BCUT2D eigenvalue weighted by Crippen LogP contribution is -2.46. The van der Waals surface area contributed by atoms with Crippen molar-refractivity contribution in [2.24, 2.45) is 5.92 Å². The van der Waals surface area contributed by atoms with Crippen LogP contribution in [0.5, 0.6) is 0 Å². The molecule has 2 rings (SSSR count). The molecule has 1 atom stereocenters. The summed E-state index contributed by atoms with van der Waals surface area (Å²) in [5, 5.41) is 0. The molecule has 5 heteroatoms. The summed E-state index contributed by atoms with van der Waals surface area (Å²) in [5.74, 6) is -0.250. The van der Waals surface area contributed by atoms with Crippen molar-refractivity contribution in [3.8, 4) is 0 Å². The van der Waals surface area contributed by atoms with Gasteiger partial charge in [0, 0.05) is 19.6 Å². The third-order valence-corrected chi connectivity index (χ3v) is 4.45. The second kappa shape index (κ2) is 9.42. The molecule has 1 aromatic carbocycles. The number of carbonyl (C=O) groups excluding carboxylic acids is 2. The van der Waals surface area contributed by atoms with Crippen LogP contribution in [0.3, 0.4) is 0 Å². The number of hydrogen-bond acceptors (Lipinski definition) is 4. The van der Waals surface area contributed by atoms with Crippen LogP contribution in [-0.2, 0) is 20.9 Å². The van der Waals surface area contributed by atoms with Crippen LogP contribution in [0.1, 0.15) is 32.3 Å². The monoisotopic (exact) mass is 332 g/mol. The Kier molecular flexibility index (Phi) is 7.25. The molecule has 132 valence electrons. The number of rotatable bonds is 7. The molecule has 1 saturated heterocycles. The van der Waals surface area contributed by atoms with Gasteiger partial charge in [-0.15, -0.1) is 0 Å². The van der Waals surface area contributed by atoms with E-state index in [1.165, 1.54) is 5.56 Å². The van der Waals surface area contributed by atoms with Crippen molar-refractivity contribution in [3.63, 3.8) is 0 Å². The Bertz CT molecular complexity index is 533. The molecule has 1 unspecified atom stereocenters. The van der Waals surface area contributed by atoms with Crippen LogP contribution in [0.25, 0.3) is 0 Å². The van der Waals surface area contributed by atoms with E-state index in [0.29, 0.717) is 19.7 Å². The maximum Gasteiger partial charge on any atom is 0.310 e. The van der Waals surface area contributed by atoms with Crippen LogP contribution in [0.4, 0.5) is 0 Å². The van der Waals surface area contributed by atoms with E-state index in [1.54, 1.807) is 0 Å². The van der Waals surface area contributed by atoms with Gasteiger partial charge in [-0.05, 0) is 31.9 Å². The van der Waals surface area contributed by atoms with Gasteiger partial charge in [0.25, 0.3) is 0 Å². The van der Waals surface area contributed by atoms with Crippen LogP contribution in [0.15, 0.2) is 30.3 Å². The highest BCUT2D eigenvalue weighted by atomic mass is 16.5. The molecule has 1 amide bonds. The quantitative estimate of drug-likeness (QED) is 0.719. The minimum atomic E-state index is -0.174. The number of likely N-dealkylation sites (tertiary alicyclic amines) is 1. The zero-order valence-electron chi connectivity index (χ0n) is 14.7. The first-order valence-corrected chi connectivity index (χ1v) is 8.84. The normalized spacial score (nSPS) is 17.8. The van der Waals surface area contributed by atoms with E-state index in [9.17, 15) is 9.59 Å². The fourth-order valence-corrected chi connectivity index (χ4v) is 3.07. The second-order valence-electron chi connectivity index (χ2n) is 6.22. The van der Waals surface area contributed by atoms with Gasteiger partial charge in [0.2, 0.25) is 5.91 Å². The number of likely N-dealkylation sites (N-methyl/N-ethyl adjacent to an activating group) is 1. The van der Waals surface area contributed by atoms with Gasteiger partial charge >= 0.3 is 5.97 Å². The summed E-state index contributed by atoms with van der Waals surface area (Å²) in [6, 6.07) is 10.2. The molecule has 24 heavy (non-hydrogen) atoms. The number of nitrogens with zero attached hydrogens (tertiary/aromatic N) is 2. The van der Waals surface area contributed by atoms with Crippen LogP contribution in [0, 0.1) is 5.92 Å². The molecule has 5 nitrogen and oxygen atoms in total. The number of esters is 1. The predicted molar refractivity (Wildman–Crippen MR) is 93.3 cm³/mol. The summed E-state index contributed by atoms with van der Waals surface area (Å²) in [6.45, 7) is 7.46. The molecule has 1 aliphatic heterocycles. The first-order valence-electron chi connectivity index (χ1n) is 8.84. The van der Waals surface area contributed by atoms with E-state index in [0.717, 1.165) is 32.5 Å². The molecule has 0 aromatic heterocycles. The summed E-state index contributed by atoms with van der Waals surface area (Å²) >= 11 is 0. The number of piperidine rings is 1. The first-order chi connectivity index (χ1) is 11.6. The minimum Gasteiger partial charge on any atom is -0.466 e. The fraction of sp³-hybridized carbons (Fsp3) is 0.579. The zero-order valence-corrected chi connectivity index (χ0v) is 14.7. The Morgan fingerprint density at radius 3 is 2.67 bits per heavy atom. The van der Waals surface area contributed by atoms with Crippen LogP contribution < -0.4 is 0 Å². The highest BCUT2D eigenvalue weighted by Gasteiger charge is 2.29. The Balaban J connectivity index is 1.88. The third-order valence-electron chi connectivity index (χ3n) is 4.45. The number of ether oxygens (including phenoxy) is 1. The smallest absolute Gasteiger partial charge is 0.310 e. The molecule has 1 aliphatic rings. The van der Waals surface area contributed by atoms with Crippen LogP contribution in [0.2, 0.25) is 0 Å². The van der Waals surface area contributed by atoms with Gasteiger partial charge in [-0.25, -0.2) is 0 Å². The van der Waals surface area contributed by atoms with Gasteiger partial charge < -0.3 is 9.64 Å². The second-order valence-corrected chi connectivity index (χ2v) is 6.22. The van der Waals surface area contributed by atoms with Gasteiger partial charge in [0.15, 0.2) is 0 Å². The van der Waals surface area contributed by atoms with Gasteiger partial charge in [-0.2, -0.15) is 0 Å². The SMILES string of the molecule is CCOC(=O)C1CCCN(C(=O)CN(CC)Cc2ccccc2)C1. The summed E-state index contributed by atoms with van der Waals surface area (Å²) in [7, 11) is 0. The Labute approximate surface area is 144 Å². The average Bonchev–Trinajstić information content (AvgIpc) is 2.62. The van der Waals surface area contributed by atoms with Gasteiger partial charge in [-0.3, -0.25) is 14.5 Å². The summed E-state index contributed by atoms with van der Waals surface area (Å²) in [4.78, 5) is 28.5. The Hall–Kier alpha value is -1.88.